The zero-order valence-electron chi connectivity index (χ0n) is 19.6. The molecule has 0 radical (unpaired) electrons. The first-order valence-corrected chi connectivity index (χ1v) is 10.7. The van der Waals surface area contributed by atoms with Gasteiger partial charge >= 0.3 is 18.1 Å². The van der Waals surface area contributed by atoms with Crippen molar-refractivity contribution >= 4 is 11.9 Å². The number of carbonyl (C=O) groups excluding carboxylic acids is 2. The van der Waals surface area contributed by atoms with Crippen molar-refractivity contribution in [3.05, 3.63) is 119 Å². The topological polar surface area (TPSA) is 52.6 Å². The molecule has 0 saturated heterocycles. The van der Waals surface area contributed by atoms with Crippen LogP contribution in [-0.2, 0) is 15.8 Å². The molecule has 0 saturated carbocycles. The number of rotatable bonds is 4. The summed E-state index contributed by atoms with van der Waals surface area (Å²) in [7, 11) is 0. The van der Waals surface area contributed by atoms with Gasteiger partial charge < -0.3 is 9.47 Å². The van der Waals surface area contributed by atoms with Gasteiger partial charge in [0.15, 0.2) is 0 Å². The van der Waals surface area contributed by atoms with Crippen LogP contribution in [0.3, 0.4) is 0 Å². The van der Waals surface area contributed by atoms with E-state index in [0.29, 0.717) is 22.4 Å². The van der Waals surface area contributed by atoms with Crippen LogP contribution in [0.5, 0.6) is 11.5 Å². The third-order valence-corrected chi connectivity index (χ3v) is 4.67. The molecule has 3 aromatic carbocycles. The summed E-state index contributed by atoms with van der Waals surface area (Å²) >= 11 is 0. The van der Waals surface area contributed by atoms with Crippen molar-refractivity contribution in [1.82, 2.24) is 0 Å². The van der Waals surface area contributed by atoms with Crippen LogP contribution in [0.15, 0.2) is 91.5 Å². The Bertz CT molecular complexity index is 1470. The van der Waals surface area contributed by atoms with Crippen molar-refractivity contribution < 1.29 is 32.2 Å². The highest BCUT2D eigenvalue weighted by atomic mass is 19.4. The largest absolute Gasteiger partial charge is 0.423 e. The fourth-order valence-electron chi connectivity index (χ4n) is 2.81. The van der Waals surface area contributed by atoms with E-state index in [9.17, 15) is 22.8 Å². The van der Waals surface area contributed by atoms with E-state index in [1.807, 2.05) is 0 Å². The van der Waals surface area contributed by atoms with Gasteiger partial charge in [0.2, 0.25) is 0 Å². The number of carbonyl (C=O) groups is 2. The van der Waals surface area contributed by atoms with Crippen LogP contribution >= 0.6 is 0 Å². The molecule has 4 nitrogen and oxygen atoms in total. The monoisotopic (exact) mass is 500 g/mol. The van der Waals surface area contributed by atoms with Gasteiger partial charge in [-0.15, -0.1) is 0 Å². The van der Waals surface area contributed by atoms with Gasteiger partial charge in [-0.2, -0.15) is 13.2 Å². The second-order valence-corrected chi connectivity index (χ2v) is 7.60. The molecule has 0 aliphatic heterocycles. The van der Waals surface area contributed by atoms with Crippen LogP contribution in [0.1, 0.15) is 34.7 Å². The summed E-state index contributed by atoms with van der Waals surface area (Å²) in [5.41, 5.74) is 0.653. The summed E-state index contributed by atoms with van der Waals surface area (Å²) in [5.74, 6) is 9.93. The van der Waals surface area contributed by atoms with Gasteiger partial charge in [0, 0.05) is 33.9 Å². The van der Waals surface area contributed by atoms with Crippen molar-refractivity contribution in [3.8, 4) is 35.2 Å². The van der Waals surface area contributed by atoms with Gasteiger partial charge in [0.25, 0.3) is 0 Å². The van der Waals surface area contributed by atoms with Gasteiger partial charge in [0.1, 0.15) is 11.5 Å². The highest BCUT2D eigenvalue weighted by Gasteiger charge is 2.33. The highest BCUT2D eigenvalue weighted by molar-refractivity contribution is 5.88. The Kier molecular flexibility index (Phi) is 8.35. The molecule has 3 aromatic rings. The molecule has 0 amide bonds. The molecule has 0 atom stereocenters. The predicted octanol–water partition coefficient (Wildman–Crippen LogP) is 6.08. The number of alkyl halides is 3. The smallest absolute Gasteiger partial charge is 0.417 e. The maximum Gasteiger partial charge on any atom is 0.417 e. The maximum atomic E-state index is 13.6. The Morgan fingerprint density at radius 1 is 0.784 bits per heavy atom. The van der Waals surface area contributed by atoms with E-state index in [4.69, 9.17) is 9.47 Å². The molecule has 0 bridgehead atoms. The molecular formula is C30H19F3O4. The first-order chi connectivity index (χ1) is 17.5. The summed E-state index contributed by atoms with van der Waals surface area (Å²) in [6.07, 6.45) is -3.63. The first kappa shape index (κ1) is 26.6. The van der Waals surface area contributed by atoms with E-state index in [2.05, 4.69) is 36.8 Å². The minimum Gasteiger partial charge on any atom is -0.423 e. The van der Waals surface area contributed by atoms with Crippen LogP contribution in [0.4, 0.5) is 13.2 Å². The summed E-state index contributed by atoms with van der Waals surface area (Å²) in [6.45, 7) is 8.13. The van der Waals surface area contributed by atoms with Crippen molar-refractivity contribution in [2.75, 3.05) is 0 Å². The molecule has 0 unspecified atom stereocenters. The van der Waals surface area contributed by atoms with E-state index >= 15 is 0 Å². The molecule has 37 heavy (non-hydrogen) atoms. The van der Waals surface area contributed by atoms with E-state index in [0.717, 1.165) is 18.2 Å². The molecule has 184 valence electrons. The van der Waals surface area contributed by atoms with Gasteiger partial charge in [-0.25, -0.2) is 9.59 Å². The molecule has 0 aliphatic rings. The number of hydrogen-bond donors (Lipinski definition) is 0. The molecule has 7 heteroatoms. The van der Waals surface area contributed by atoms with Gasteiger partial charge in [-0.1, -0.05) is 36.8 Å². The molecular weight excluding hydrogens is 481 g/mol. The van der Waals surface area contributed by atoms with Crippen molar-refractivity contribution in [2.24, 2.45) is 0 Å². The lowest BCUT2D eigenvalue weighted by Gasteiger charge is -2.11. The summed E-state index contributed by atoms with van der Waals surface area (Å²) in [5, 5.41) is 0. The molecule has 0 N–H and O–H groups in total. The summed E-state index contributed by atoms with van der Waals surface area (Å²) in [4.78, 5) is 22.8. The Hall–Kier alpha value is -5.01. The van der Waals surface area contributed by atoms with E-state index in [1.165, 1.54) is 13.0 Å². The average Bonchev–Trinajstić information content (AvgIpc) is 2.87. The maximum absolute atomic E-state index is 13.6. The van der Waals surface area contributed by atoms with Gasteiger partial charge in [-0.3, -0.25) is 0 Å². The number of esters is 2. The zero-order valence-corrected chi connectivity index (χ0v) is 19.6. The SMILES string of the molecule is C=CC(=O)Oc1ccc(C#Cc2ccc(C#Cc3ccc(OC(=O)C(=C)C)cc3C(F)(F)F)cc2)cc1. The highest BCUT2D eigenvalue weighted by Crippen LogP contribution is 2.34. The normalized spacial score (nSPS) is 10.2. The van der Waals surface area contributed by atoms with Gasteiger partial charge in [0.05, 0.1) is 5.56 Å². The predicted molar refractivity (Wildman–Crippen MR) is 133 cm³/mol. The molecule has 3 rings (SSSR count). The lowest BCUT2D eigenvalue weighted by molar-refractivity contribution is -0.138. The summed E-state index contributed by atoms with van der Waals surface area (Å²) < 4.78 is 50.6. The van der Waals surface area contributed by atoms with Crippen molar-refractivity contribution in [2.45, 2.75) is 13.1 Å². The fourth-order valence-corrected chi connectivity index (χ4v) is 2.81. The molecule has 0 heterocycles. The third-order valence-electron chi connectivity index (χ3n) is 4.67. The van der Waals surface area contributed by atoms with E-state index in [1.54, 1.807) is 48.5 Å². The second-order valence-electron chi connectivity index (χ2n) is 7.60. The van der Waals surface area contributed by atoms with Crippen LogP contribution in [0.2, 0.25) is 0 Å². The van der Waals surface area contributed by atoms with E-state index in [-0.39, 0.29) is 16.9 Å². The molecule has 0 aromatic heterocycles. The summed E-state index contributed by atoms with van der Waals surface area (Å²) in [6, 6.07) is 16.4. The Morgan fingerprint density at radius 3 is 1.76 bits per heavy atom. The van der Waals surface area contributed by atoms with Crippen LogP contribution in [0.25, 0.3) is 0 Å². The second kappa shape index (κ2) is 11.6. The minimum atomic E-state index is -4.69. The van der Waals surface area contributed by atoms with Gasteiger partial charge in [-0.05, 0) is 73.7 Å². The zero-order chi connectivity index (χ0) is 27.0. The minimum absolute atomic E-state index is 0.0648. The van der Waals surface area contributed by atoms with Crippen molar-refractivity contribution in [1.29, 1.82) is 0 Å². The number of halogens is 3. The lowest BCUT2D eigenvalue weighted by Crippen LogP contribution is -2.11. The number of hydrogen-bond acceptors (Lipinski definition) is 4. The quantitative estimate of drug-likeness (QED) is 0.189. The Balaban J connectivity index is 1.75. The standard InChI is InChI=1S/C30H19F3O4/c1-4-28(34)36-25-16-12-23(13-17-25)10-7-21-5-8-22(9-6-21)11-14-24-15-18-26(37-29(35)20(2)3)19-27(24)30(31,32)33/h4-6,8-9,12-13,15-19H,1-2H2,3H3. The molecule has 0 aliphatic carbocycles. The van der Waals surface area contributed by atoms with Crippen LogP contribution in [0, 0.1) is 23.7 Å². The number of ether oxygens (including phenoxy) is 2. The number of benzene rings is 3. The Morgan fingerprint density at radius 2 is 1.27 bits per heavy atom. The lowest BCUT2D eigenvalue weighted by atomic mass is 10.1. The van der Waals surface area contributed by atoms with Crippen LogP contribution in [-0.4, -0.2) is 11.9 Å². The average molecular weight is 500 g/mol. The van der Waals surface area contributed by atoms with Crippen LogP contribution < -0.4 is 9.47 Å². The molecule has 0 fully saturated rings. The Labute approximate surface area is 212 Å². The fraction of sp³-hybridized carbons (Fsp3) is 0.0667. The molecule has 0 spiro atoms. The van der Waals surface area contributed by atoms with E-state index < -0.39 is 23.7 Å². The first-order valence-electron chi connectivity index (χ1n) is 10.7. The van der Waals surface area contributed by atoms with Crippen molar-refractivity contribution in [3.63, 3.8) is 0 Å². The third kappa shape index (κ3) is 7.74.